The fourth-order valence-electron chi connectivity index (χ4n) is 1.99. The van der Waals surface area contributed by atoms with Crippen molar-refractivity contribution in [2.45, 2.75) is 31.6 Å². The molecule has 68 valence electrons. The third kappa shape index (κ3) is 2.27. The van der Waals surface area contributed by atoms with Crippen LogP contribution in [0.15, 0.2) is 0 Å². The van der Waals surface area contributed by atoms with E-state index in [4.69, 9.17) is 4.74 Å². The Morgan fingerprint density at radius 1 is 1.33 bits per heavy atom. The van der Waals surface area contributed by atoms with Gasteiger partial charge in [-0.3, -0.25) is 0 Å². The Labute approximate surface area is 77.5 Å². The van der Waals surface area contributed by atoms with Gasteiger partial charge in [-0.25, -0.2) is 0 Å². The third-order valence-corrected chi connectivity index (χ3v) is 2.74. The van der Waals surface area contributed by atoms with Gasteiger partial charge in [0.25, 0.3) is 0 Å². The first-order valence-electron chi connectivity index (χ1n) is 4.88. The quantitative estimate of drug-likeness (QED) is 0.466. The van der Waals surface area contributed by atoms with Crippen LogP contribution in [0.3, 0.4) is 0 Å². The lowest BCUT2D eigenvalue weighted by Gasteiger charge is -2.40. The number of nitrogens with zero attached hydrogens (tertiary/aromatic N) is 1. The Morgan fingerprint density at radius 2 is 2.00 bits per heavy atom. The molecule has 1 aliphatic heterocycles. The van der Waals surface area contributed by atoms with Crippen LogP contribution in [0, 0.1) is 0 Å². The molecule has 0 spiro atoms. The molecule has 0 saturated carbocycles. The van der Waals surface area contributed by atoms with Crippen LogP contribution in [0.25, 0.3) is 0 Å². The fourth-order valence-corrected chi connectivity index (χ4v) is 1.99. The predicted molar refractivity (Wildman–Crippen MR) is 57.1 cm³/mol. The Hall–Kier alpha value is 0.0499. The van der Waals surface area contributed by atoms with Gasteiger partial charge in [-0.1, -0.05) is 0 Å². The number of hydrogen-bond acceptors (Lipinski definition) is 2. The first kappa shape index (κ1) is 10.1. The zero-order valence-corrected chi connectivity index (χ0v) is 8.76. The lowest BCUT2D eigenvalue weighted by atomic mass is 9.58. The highest BCUT2D eigenvalue weighted by molar-refractivity contribution is 6.39. The molecule has 1 fully saturated rings. The summed E-state index contributed by atoms with van der Waals surface area (Å²) in [5.41, 5.74) is 0. The molecule has 0 unspecified atom stereocenters. The van der Waals surface area contributed by atoms with E-state index in [0.29, 0.717) is 11.4 Å². The third-order valence-electron chi connectivity index (χ3n) is 2.74. The van der Waals surface area contributed by atoms with Crippen LogP contribution in [-0.2, 0) is 4.74 Å². The summed E-state index contributed by atoms with van der Waals surface area (Å²) in [5, 5.41) is 0.310. The molecule has 0 aliphatic carbocycles. The highest BCUT2D eigenvalue weighted by Gasteiger charge is 2.29. The van der Waals surface area contributed by atoms with Crippen molar-refractivity contribution in [2.75, 3.05) is 19.8 Å². The molecule has 1 aliphatic rings. The molecular formula is C8H19B2NO. The highest BCUT2D eigenvalue weighted by atomic mass is 16.5. The van der Waals surface area contributed by atoms with Gasteiger partial charge < -0.3 is 9.64 Å². The van der Waals surface area contributed by atoms with E-state index in [-0.39, 0.29) is 0 Å². The zero-order valence-electron chi connectivity index (χ0n) is 8.76. The molecule has 0 aromatic heterocycles. The van der Waals surface area contributed by atoms with Crippen LogP contribution in [0.2, 0.25) is 0 Å². The SMILES string of the molecule is BC1(B)CCOCCN1C(C)C. The second-order valence-electron chi connectivity index (χ2n) is 4.46. The monoisotopic (exact) mass is 167 g/mol. The normalized spacial score (nSPS) is 25.6. The number of rotatable bonds is 1. The Balaban J connectivity index is 2.65. The molecule has 4 heteroatoms. The molecular weight excluding hydrogens is 148 g/mol. The summed E-state index contributed by atoms with van der Waals surface area (Å²) in [6, 6.07) is 0.627. The molecule has 0 bridgehead atoms. The summed E-state index contributed by atoms with van der Waals surface area (Å²) >= 11 is 0. The maximum atomic E-state index is 5.47. The van der Waals surface area contributed by atoms with Gasteiger partial charge in [-0.15, -0.1) is 0 Å². The Morgan fingerprint density at radius 3 is 2.58 bits per heavy atom. The summed E-state index contributed by atoms with van der Waals surface area (Å²) in [4.78, 5) is 2.53. The number of hydrogen-bond donors (Lipinski definition) is 0. The maximum Gasteiger partial charge on any atom is 0.117 e. The first-order chi connectivity index (χ1) is 5.54. The molecule has 1 heterocycles. The average Bonchev–Trinajstić information content (AvgIpc) is 2.09. The summed E-state index contributed by atoms with van der Waals surface area (Å²) < 4.78 is 5.47. The minimum absolute atomic E-state index is 0.310. The van der Waals surface area contributed by atoms with Gasteiger partial charge in [0.1, 0.15) is 15.7 Å². The van der Waals surface area contributed by atoms with Crippen molar-refractivity contribution in [3.8, 4) is 0 Å². The van der Waals surface area contributed by atoms with Crippen molar-refractivity contribution in [2.24, 2.45) is 0 Å². The number of ether oxygens (including phenoxy) is 1. The van der Waals surface area contributed by atoms with Gasteiger partial charge >= 0.3 is 0 Å². The molecule has 0 amide bonds. The van der Waals surface area contributed by atoms with Crippen molar-refractivity contribution >= 4 is 15.7 Å². The molecule has 0 radical (unpaired) electrons. The summed E-state index contributed by atoms with van der Waals surface area (Å²) in [5.74, 6) is 0. The molecule has 1 rings (SSSR count). The minimum Gasteiger partial charge on any atom is -0.380 e. The Bertz CT molecular complexity index is 150. The van der Waals surface area contributed by atoms with E-state index in [1.165, 1.54) is 0 Å². The second kappa shape index (κ2) is 3.84. The van der Waals surface area contributed by atoms with Gasteiger partial charge in [0.2, 0.25) is 0 Å². The lowest BCUT2D eigenvalue weighted by Crippen LogP contribution is -2.53. The van der Waals surface area contributed by atoms with Gasteiger partial charge in [-0.05, 0) is 25.6 Å². The lowest BCUT2D eigenvalue weighted by molar-refractivity contribution is 0.132. The van der Waals surface area contributed by atoms with Crippen LogP contribution < -0.4 is 0 Å². The molecule has 0 N–H and O–H groups in total. The smallest absolute Gasteiger partial charge is 0.117 e. The van der Waals surface area contributed by atoms with E-state index in [1.54, 1.807) is 0 Å². The van der Waals surface area contributed by atoms with Crippen molar-refractivity contribution in [3.05, 3.63) is 0 Å². The molecule has 0 aromatic rings. The highest BCUT2D eigenvalue weighted by Crippen LogP contribution is 2.17. The van der Waals surface area contributed by atoms with Crippen LogP contribution in [0.1, 0.15) is 20.3 Å². The second-order valence-corrected chi connectivity index (χ2v) is 4.46. The van der Waals surface area contributed by atoms with E-state index in [0.717, 1.165) is 26.2 Å². The standard InChI is InChI=1S/C8H19B2NO/c1-7(2)11-4-6-12-5-3-8(11,9)10/h7H,3-6,9-10H2,1-2H3. The van der Waals surface area contributed by atoms with Crippen molar-refractivity contribution in [3.63, 3.8) is 0 Å². The van der Waals surface area contributed by atoms with Crippen molar-refractivity contribution < 1.29 is 4.74 Å². The molecule has 2 nitrogen and oxygen atoms in total. The zero-order chi connectivity index (χ0) is 9.19. The molecule has 12 heavy (non-hydrogen) atoms. The molecule has 0 aromatic carbocycles. The van der Waals surface area contributed by atoms with Gasteiger partial charge in [-0.2, -0.15) is 0 Å². The maximum absolute atomic E-state index is 5.47. The van der Waals surface area contributed by atoms with Crippen LogP contribution in [0.5, 0.6) is 0 Å². The largest absolute Gasteiger partial charge is 0.380 e. The summed E-state index contributed by atoms with van der Waals surface area (Å²) in [6.45, 7) is 7.39. The summed E-state index contributed by atoms with van der Waals surface area (Å²) in [7, 11) is 4.61. The first-order valence-corrected chi connectivity index (χ1v) is 4.88. The molecule has 0 atom stereocenters. The van der Waals surface area contributed by atoms with Gasteiger partial charge in [0.05, 0.1) is 6.61 Å². The van der Waals surface area contributed by atoms with Crippen molar-refractivity contribution in [1.29, 1.82) is 0 Å². The topological polar surface area (TPSA) is 12.5 Å². The van der Waals surface area contributed by atoms with E-state index in [1.807, 2.05) is 0 Å². The Kier molecular flexibility index (Phi) is 3.24. The van der Waals surface area contributed by atoms with E-state index < -0.39 is 0 Å². The van der Waals surface area contributed by atoms with E-state index in [2.05, 4.69) is 34.4 Å². The minimum atomic E-state index is 0.310. The van der Waals surface area contributed by atoms with E-state index >= 15 is 0 Å². The van der Waals surface area contributed by atoms with Crippen LogP contribution in [0.4, 0.5) is 0 Å². The average molecular weight is 167 g/mol. The summed E-state index contributed by atoms with van der Waals surface area (Å²) in [6.07, 6.45) is 1.14. The van der Waals surface area contributed by atoms with Crippen LogP contribution >= 0.6 is 0 Å². The van der Waals surface area contributed by atoms with Crippen LogP contribution in [-0.4, -0.2) is 51.7 Å². The van der Waals surface area contributed by atoms with Gasteiger partial charge in [0, 0.05) is 19.2 Å². The van der Waals surface area contributed by atoms with Gasteiger partial charge in [0.15, 0.2) is 0 Å². The molecule has 1 saturated heterocycles. The van der Waals surface area contributed by atoms with Crippen molar-refractivity contribution in [1.82, 2.24) is 4.90 Å². The van der Waals surface area contributed by atoms with E-state index in [9.17, 15) is 0 Å². The predicted octanol–water partition coefficient (Wildman–Crippen LogP) is -0.963. The fraction of sp³-hybridized carbons (Fsp3) is 1.00.